The van der Waals surface area contributed by atoms with Crippen molar-refractivity contribution < 1.29 is 4.39 Å². The number of hydrogen-bond donors (Lipinski definition) is 0. The van der Waals surface area contributed by atoms with Crippen molar-refractivity contribution in [1.29, 1.82) is 5.26 Å². The Kier molecular flexibility index (Phi) is 3.31. The predicted molar refractivity (Wildman–Crippen MR) is 66.7 cm³/mol. The quantitative estimate of drug-likeness (QED) is 0.756. The molecular weight excluding hydrogens is 235 g/mol. The van der Waals surface area contributed by atoms with E-state index in [-0.39, 0.29) is 5.82 Å². The second-order valence-corrected chi connectivity index (χ2v) is 4.34. The van der Waals surface area contributed by atoms with Crippen LogP contribution in [-0.2, 0) is 0 Å². The first-order valence-electron chi connectivity index (χ1n) is 4.99. The number of aromatic nitrogens is 1. The van der Waals surface area contributed by atoms with Crippen LogP contribution in [0.1, 0.15) is 16.3 Å². The number of benzene rings is 1. The molecule has 2 aromatic rings. The molecule has 0 fully saturated rings. The van der Waals surface area contributed by atoms with E-state index in [0.717, 1.165) is 5.69 Å². The third-order valence-electron chi connectivity index (χ3n) is 2.17. The summed E-state index contributed by atoms with van der Waals surface area (Å²) in [5.41, 5.74) is 1.64. The van der Waals surface area contributed by atoms with Gasteiger partial charge in [-0.1, -0.05) is 18.2 Å². The molecule has 2 nitrogen and oxygen atoms in total. The molecular formula is C13H9FN2S. The Morgan fingerprint density at radius 3 is 2.82 bits per heavy atom. The minimum atomic E-state index is -0.339. The molecule has 1 heterocycles. The molecule has 0 spiro atoms. The summed E-state index contributed by atoms with van der Waals surface area (Å²) >= 11 is 1.38. The fourth-order valence-electron chi connectivity index (χ4n) is 1.37. The van der Waals surface area contributed by atoms with Crippen LogP contribution >= 0.6 is 11.3 Å². The summed E-state index contributed by atoms with van der Waals surface area (Å²) in [7, 11) is 0. The number of hydrogen-bond acceptors (Lipinski definition) is 3. The molecule has 1 aromatic heterocycles. The van der Waals surface area contributed by atoms with Gasteiger partial charge in [0.2, 0.25) is 0 Å². The molecule has 0 atom stereocenters. The first-order chi connectivity index (χ1) is 8.20. The van der Waals surface area contributed by atoms with E-state index in [4.69, 9.17) is 5.26 Å². The van der Waals surface area contributed by atoms with Gasteiger partial charge in [0, 0.05) is 16.6 Å². The molecule has 0 N–H and O–H groups in total. The SMILES string of the molecule is Cc1csc(C(C#N)=Cc2ccccc2F)n1. The van der Waals surface area contributed by atoms with Crippen LogP contribution in [0.15, 0.2) is 29.6 Å². The second kappa shape index (κ2) is 4.89. The van der Waals surface area contributed by atoms with Crippen molar-refractivity contribution in [2.24, 2.45) is 0 Å². The highest BCUT2D eigenvalue weighted by molar-refractivity contribution is 7.11. The van der Waals surface area contributed by atoms with E-state index in [1.807, 2.05) is 18.4 Å². The molecule has 17 heavy (non-hydrogen) atoms. The topological polar surface area (TPSA) is 36.7 Å². The summed E-state index contributed by atoms with van der Waals surface area (Å²) in [6, 6.07) is 8.40. The minimum Gasteiger partial charge on any atom is -0.241 e. The fraction of sp³-hybridized carbons (Fsp3) is 0.0769. The molecule has 1 aromatic carbocycles. The average Bonchev–Trinajstić information content (AvgIpc) is 2.75. The van der Waals surface area contributed by atoms with Crippen LogP contribution in [0.4, 0.5) is 4.39 Å². The van der Waals surface area contributed by atoms with Crippen LogP contribution < -0.4 is 0 Å². The Morgan fingerprint density at radius 1 is 1.47 bits per heavy atom. The van der Waals surface area contributed by atoms with Gasteiger partial charge in [0.05, 0.1) is 5.57 Å². The van der Waals surface area contributed by atoms with Crippen molar-refractivity contribution in [1.82, 2.24) is 4.98 Å². The largest absolute Gasteiger partial charge is 0.241 e. The zero-order chi connectivity index (χ0) is 12.3. The summed E-state index contributed by atoms with van der Waals surface area (Å²) in [4.78, 5) is 4.21. The molecule has 84 valence electrons. The number of aryl methyl sites for hydroxylation is 1. The first-order valence-corrected chi connectivity index (χ1v) is 5.87. The maximum absolute atomic E-state index is 13.4. The second-order valence-electron chi connectivity index (χ2n) is 3.49. The maximum Gasteiger partial charge on any atom is 0.134 e. The van der Waals surface area contributed by atoms with Gasteiger partial charge in [-0.3, -0.25) is 0 Å². The highest BCUT2D eigenvalue weighted by Crippen LogP contribution is 2.22. The van der Waals surface area contributed by atoms with Crippen LogP contribution in [0.25, 0.3) is 11.6 Å². The molecule has 0 saturated heterocycles. The number of halogens is 1. The molecule has 0 unspecified atom stereocenters. The van der Waals surface area contributed by atoms with Crippen LogP contribution in [0.3, 0.4) is 0 Å². The highest BCUT2D eigenvalue weighted by Gasteiger charge is 2.07. The molecule has 0 radical (unpaired) electrons. The zero-order valence-electron chi connectivity index (χ0n) is 9.14. The average molecular weight is 244 g/mol. The Balaban J connectivity index is 2.44. The van der Waals surface area contributed by atoms with Gasteiger partial charge < -0.3 is 0 Å². The fourth-order valence-corrected chi connectivity index (χ4v) is 2.13. The van der Waals surface area contributed by atoms with Crippen LogP contribution in [0.2, 0.25) is 0 Å². The lowest BCUT2D eigenvalue weighted by Gasteiger charge is -1.97. The smallest absolute Gasteiger partial charge is 0.134 e. The molecule has 0 aliphatic rings. The molecule has 4 heteroatoms. The van der Waals surface area contributed by atoms with E-state index in [0.29, 0.717) is 16.1 Å². The summed E-state index contributed by atoms with van der Waals surface area (Å²) in [5, 5.41) is 11.5. The number of nitriles is 1. The first kappa shape index (κ1) is 11.5. The van der Waals surface area contributed by atoms with Gasteiger partial charge in [-0.25, -0.2) is 9.37 Å². The van der Waals surface area contributed by atoms with Gasteiger partial charge in [0.15, 0.2) is 0 Å². The number of thiazole rings is 1. The van der Waals surface area contributed by atoms with Crippen molar-refractivity contribution in [2.75, 3.05) is 0 Å². The van der Waals surface area contributed by atoms with E-state index in [9.17, 15) is 4.39 Å². The molecule has 0 saturated carbocycles. The van der Waals surface area contributed by atoms with E-state index in [2.05, 4.69) is 4.98 Å². The normalized spacial score (nSPS) is 11.2. The lowest BCUT2D eigenvalue weighted by atomic mass is 10.1. The molecule has 0 amide bonds. The zero-order valence-corrected chi connectivity index (χ0v) is 9.96. The third kappa shape index (κ3) is 2.58. The van der Waals surface area contributed by atoms with Gasteiger partial charge in [0.1, 0.15) is 16.9 Å². The van der Waals surface area contributed by atoms with Gasteiger partial charge in [-0.05, 0) is 19.1 Å². The van der Waals surface area contributed by atoms with Crippen molar-refractivity contribution in [3.05, 3.63) is 51.7 Å². The Hall–Kier alpha value is -1.99. The van der Waals surface area contributed by atoms with E-state index in [1.54, 1.807) is 18.2 Å². The standard InChI is InChI=1S/C13H9FN2S/c1-9-8-17-13(16-9)11(7-15)6-10-4-2-3-5-12(10)14/h2-6,8H,1H3. The van der Waals surface area contributed by atoms with Crippen molar-refractivity contribution in [2.45, 2.75) is 6.92 Å². The molecule has 0 aliphatic carbocycles. The number of allylic oxidation sites excluding steroid dienone is 1. The minimum absolute atomic E-state index is 0.339. The van der Waals surface area contributed by atoms with E-state index in [1.165, 1.54) is 23.5 Å². The summed E-state index contributed by atoms with van der Waals surface area (Å²) in [5.74, 6) is -0.339. The Labute approximate surface area is 103 Å². The Bertz CT molecular complexity index is 608. The molecule has 2 rings (SSSR count). The number of nitrogens with zero attached hydrogens (tertiary/aromatic N) is 2. The lowest BCUT2D eigenvalue weighted by molar-refractivity contribution is 0.625. The van der Waals surface area contributed by atoms with Gasteiger partial charge in [-0.2, -0.15) is 5.26 Å². The van der Waals surface area contributed by atoms with Crippen LogP contribution in [-0.4, -0.2) is 4.98 Å². The highest BCUT2D eigenvalue weighted by atomic mass is 32.1. The van der Waals surface area contributed by atoms with Crippen LogP contribution in [0, 0.1) is 24.1 Å². The monoisotopic (exact) mass is 244 g/mol. The summed E-state index contributed by atoms with van der Waals surface area (Å²) < 4.78 is 13.4. The predicted octanol–water partition coefficient (Wildman–Crippen LogP) is 3.65. The van der Waals surface area contributed by atoms with E-state index >= 15 is 0 Å². The Morgan fingerprint density at radius 2 is 2.24 bits per heavy atom. The van der Waals surface area contributed by atoms with Crippen molar-refractivity contribution >= 4 is 23.0 Å². The van der Waals surface area contributed by atoms with Crippen molar-refractivity contribution in [3.8, 4) is 6.07 Å². The van der Waals surface area contributed by atoms with Gasteiger partial charge in [0.25, 0.3) is 0 Å². The lowest BCUT2D eigenvalue weighted by Crippen LogP contribution is -1.84. The maximum atomic E-state index is 13.4. The molecule has 0 aliphatic heterocycles. The molecule has 0 bridgehead atoms. The van der Waals surface area contributed by atoms with Gasteiger partial charge >= 0.3 is 0 Å². The number of rotatable bonds is 2. The summed E-state index contributed by atoms with van der Waals surface area (Å²) in [6.07, 6.45) is 1.52. The van der Waals surface area contributed by atoms with Crippen molar-refractivity contribution in [3.63, 3.8) is 0 Å². The van der Waals surface area contributed by atoms with Gasteiger partial charge in [-0.15, -0.1) is 11.3 Å². The van der Waals surface area contributed by atoms with E-state index < -0.39 is 0 Å². The summed E-state index contributed by atoms with van der Waals surface area (Å²) in [6.45, 7) is 1.86. The van der Waals surface area contributed by atoms with Crippen LogP contribution in [0.5, 0.6) is 0 Å². The third-order valence-corrected chi connectivity index (χ3v) is 3.17.